The highest BCUT2D eigenvalue weighted by Crippen LogP contribution is 2.31. The molecule has 2 rings (SSSR count). The molecule has 0 spiro atoms. The lowest BCUT2D eigenvalue weighted by atomic mass is 9.87. The van der Waals surface area contributed by atoms with Gasteiger partial charge in [0.2, 0.25) is 11.8 Å². The van der Waals surface area contributed by atoms with E-state index in [0.717, 1.165) is 31.8 Å². The third kappa shape index (κ3) is 6.22. The summed E-state index contributed by atoms with van der Waals surface area (Å²) < 4.78 is 4.95. The number of hydrogen-bond acceptors (Lipinski definition) is 4. The molecule has 1 unspecified atom stereocenters. The molecule has 0 aromatic heterocycles. The quantitative estimate of drug-likeness (QED) is 0.637. The normalized spacial score (nSPS) is 27.0. The highest BCUT2D eigenvalue weighted by Gasteiger charge is 2.38. The number of methoxy groups -OCH3 is 1. The summed E-state index contributed by atoms with van der Waals surface area (Å²) in [6.45, 7) is 5.64. The first-order valence-corrected chi connectivity index (χ1v) is 8.88. The second-order valence-electron chi connectivity index (χ2n) is 6.89. The molecule has 7 heteroatoms. The highest BCUT2D eigenvalue weighted by atomic mass is 35.5. The minimum atomic E-state index is -0.180. The summed E-state index contributed by atoms with van der Waals surface area (Å²) in [5, 5.41) is 6.12. The number of nitrogens with one attached hydrogen (secondary N) is 2. The van der Waals surface area contributed by atoms with E-state index in [1.807, 2.05) is 4.90 Å². The van der Waals surface area contributed by atoms with E-state index in [1.54, 1.807) is 7.11 Å². The maximum atomic E-state index is 12.2. The fourth-order valence-corrected chi connectivity index (χ4v) is 3.53. The van der Waals surface area contributed by atoms with Gasteiger partial charge in [-0.2, -0.15) is 0 Å². The lowest BCUT2D eigenvalue weighted by Gasteiger charge is -2.33. The number of carbonyl (C=O) groups is 2. The molecule has 1 aliphatic carbocycles. The van der Waals surface area contributed by atoms with Crippen molar-refractivity contribution in [1.82, 2.24) is 15.5 Å². The van der Waals surface area contributed by atoms with E-state index < -0.39 is 0 Å². The van der Waals surface area contributed by atoms with E-state index in [1.165, 1.54) is 12.8 Å². The van der Waals surface area contributed by atoms with Gasteiger partial charge in [0, 0.05) is 45.8 Å². The first-order valence-electron chi connectivity index (χ1n) is 8.88. The van der Waals surface area contributed by atoms with Crippen molar-refractivity contribution < 1.29 is 14.3 Å². The molecular formula is C17H32ClN3O3. The number of ether oxygens (including phenoxy) is 1. The summed E-state index contributed by atoms with van der Waals surface area (Å²) in [6.07, 6.45) is 4.93. The number of amides is 2. The summed E-state index contributed by atoms with van der Waals surface area (Å²) >= 11 is 0. The van der Waals surface area contributed by atoms with Crippen molar-refractivity contribution in [3.63, 3.8) is 0 Å². The molecule has 0 aromatic rings. The van der Waals surface area contributed by atoms with Crippen LogP contribution in [-0.4, -0.2) is 62.7 Å². The largest absolute Gasteiger partial charge is 0.383 e. The summed E-state index contributed by atoms with van der Waals surface area (Å²) in [5.74, 6) is 0.760. The Balaban J connectivity index is 0.00000288. The molecule has 2 aliphatic rings. The predicted octanol–water partition coefficient (Wildman–Crippen LogP) is 1.19. The van der Waals surface area contributed by atoms with Crippen LogP contribution in [0.1, 0.15) is 39.0 Å². The summed E-state index contributed by atoms with van der Waals surface area (Å²) in [6, 6.07) is 0.354. The highest BCUT2D eigenvalue weighted by molar-refractivity contribution is 5.89. The van der Waals surface area contributed by atoms with Crippen LogP contribution in [0.15, 0.2) is 0 Å². The van der Waals surface area contributed by atoms with Crippen LogP contribution >= 0.6 is 12.4 Å². The van der Waals surface area contributed by atoms with Gasteiger partial charge in [-0.05, 0) is 31.6 Å². The maximum absolute atomic E-state index is 12.2. The molecule has 140 valence electrons. The van der Waals surface area contributed by atoms with Crippen LogP contribution in [0, 0.1) is 11.8 Å². The summed E-state index contributed by atoms with van der Waals surface area (Å²) in [7, 11) is 1.67. The molecule has 24 heavy (non-hydrogen) atoms. The molecule has 0 aromatic carbocycles. The van der Waals surface area contributed by atoms with Crippen molar-refractivity contribution in [3.05, 3.63) is 0 Å². The van der Waals surface area contributed by atoms with Crippen LogP contribution in [0.3, 0.4) is 0 Å². The smallest absolute Gasteiger partial charge is 0.225 e. The van der Waals surface area contributed by atoms with Gasteiger partial charge in [0.05, 0.1) is 12.5 Å². The van der Waals surface area contributed by atoms with Crippen molar-refractivity contribution in [3.8, 4) is 0 Å². The molecule has 1 heterocycles. The maximum Gasteiger partial charge on any atom is 0.225 e. The lowest BCUT2D eigenvalue weighted by molar-refractivity contribution is -0.130. The van der Waals surface area contributed by atoms with Crippen LogP contribution in [0.2, 0.25) is 0 Å². The Kier molecular flexibility index (Phi) is 9.63. The van der Waals surface area contributed by atoms with Gasteiger partial charge >= 0.3 is 0 Å². The monoisotopic (exact) mass is 361 g/mol. The van der Waals surface area contributed by atoms with Gasteiger partial charge < -0.3 is 20.3 Å². The van der Waals surface area contributed by atoms with E-state index in [-0.39, 0.29) is 30.1 Å². The second kappa shape index (κ2) is 10.9. The Hall–Kier alpha value is -0.850. The van der Waals surface area contributed by atoms with E-state index in [9.17, 15) is 9.59 Å². The minimum Gasteiger partial charge on any atom is -0.383 e. The van der Waals surface area contributed by atoms with Crippen molar-refractivity contribution >= 4 is 24.2 Å². The van der Waals surface area contributed by atoms with E-state index in [2.05, 4.69) is 17.6 Å². The van der Waals surface area contributed by atoms with Gasteiger partial charge in [-0.3, -0.25) is 9.59 Å². The number of carbonyl (C=O) groups excluding carboxylic acids is 2. The van der Waals surface area contributed by atoms with Crippen molar-refractivity contribution in [2.45, 2.75) is 45.1 Å². The topological polar surface area (TPSA) is 70.7 Å². The standard InChI is InChI=1S/C17H31N3O3.ClH/c1-13-3-5-15(6-4-13)20-12-14(11-16(20)21)17(22)19-8-7-18-9-10-23-2;/h13-15,18H,3-12H2,1-2H3,(H,19,22);1H. The van der Waals surface area contributed by atoms with E-state index in [0.29, 0.717) is 32.2 Å². The minimum absolute atomic E-state index is 0. The first-order chi connectivity index (χ1) is 11.1. The average molecular weight is 362 g/mol. The Morgan fingerprint density at radius 2 is 1.92 bits per heavy atom. The number of likely N-dealkylation sites (tertiary alicyclic amines) is 1. The number of hydrogen-bond donors (Lipinski definition) is 2. The van der Waals surface area contributed by atoms with Crippen molar-refractivity contribution in [2.75, 3.05) is 39.9 Å². The third-order valence-corrected chi connectivity index (χ3v) is 5.04. The van der Waals surface area contributed by atoms with Gasteiger partial charge in [0.15, 0.2) is 0 Å². The van der Waals surface area contributed by atoms with Gasteiger partial charge in [0.1, 0.15) is 0 Å². The molecule has 0 radical (unpaired) electrons. The fourth-order valence-electron chi connectivity index (χ4n) is 3.53. The Morgan fingerprint density at radius 1 is 1.21 bits per heavy atom. The van der Waals surface area contributed by atoms with Gasteiger partial charge in [-0.25, -0.2) is 0 Å². The van der Waals surface area contributed by atoms with Crippen LogP contribution < -0.4 is 10.6 Å². The Morgan fingerprint density at radius 3 is 2.58 bits per heavy atom. The zero-order valence-corrected chi connectivity index (χ0v) is 15.7. The van der Waals surface area contributed by atoms with Crippen LogP contribution in [-0.2, 0) is 14.3 Å². The Bertz CT molecular complexity index is 401. The third-order valence-electron chi connectivity index (χ3n) is 5.04. The SMILES string of the molecule is COCCNCCNC(=O)C1CC(=O)N(C2CCC(C)CC2)C1.Cl. The lowest BCUT2D eigenvalue weighted by Crippen LogP contribution is -2.41. The summed E-state index contributed by atoms with van der Waals surface area (Å²) in [5.41, 5.74) is 0. The molecule has 1 saturated heterocycles. The number of nitrogens with zero attached hydrogens (tertiary/aromatic N) is 1. The molecule has 1 aliphatic heterocycles. The molecule has 2 amide bonds. The van der Waals surface area contributed by atoms with E-state index >= 15 is 0 Å². The summed E-state index contributed by atoms with van der Waals surface area (Å²) in [4.78, 5) is 26.4. The number of halogens is 1. The molecule has 1 atom stereocenters. The van der Waals surface area contributed by atoms with Gasteiger partial charge in [-0.15, -0.1) is 12.4 Å². The van der Waals surface area contributed by atoms with Crippen LogP contribution in [0.25, 0.3) is 0 Å². The van der Waals surface area contributed by atoms with Crippen LogP contribution in [0.5, 0.6) is 0 Å². The van der Waals surface area contributed by atoms with Gasteiger partial charge in [-0.1, -0.05) is 6.92 Å². The number of rotatable bonds is 8. The molecule has 0 bridgehead atoms. The molecule has 2 fully saturated rings. The predicted molar refractivity (Wildman–Crippen MR) is 96.2 cm³/mol. The van der Waals surface area contributed by atoms with Gasteiger partial charge in [0.25, 0.3) is 0 Å². The van der Waals surface area contributed by atoms with Crippen LogP contribution in [0.4, 0.5) is 0 Å². The van der Waals surface area contributed by atoms with E-state index in [4.69, 9.17) is 4.74 Å². The first kappa shape index (κ1) is 21.2. The fraction of sp³-hybridized carbons (Fsp3) is 0.882. The molecule has 1 saturated carbocycles. The average Bonchev–Trinajstić information content (AvgIpc) is 2.93. The van der Waals surface area contributed by atoms with Crippen molar-refractivity contribution in [1.29, 1.82) is 0 Å². The zero-order chi connectivity index (χ0) is 16.7. The Labute approximate surface area is 151 Å². The molecule has 6 nitrogen and oxygen atoms in total. The zero-order valence-electron chi connectivity index (χ0n) is 14.9. The second-order valence-corrected chi connectivity index (χ2v) is 6.89. The molecule has 2 N–H and O–H groups in total. The van der Waals surface area contributed by atoms with Crippen molar-refractivity contribution in [2.24, 2.45) is 11.8 Å². The molecular weight excluding hydrogens is 330 g/mol.